The molecule has 4 heteroatoms. The summed E-state index contributed by atoms with van der Waals surface area (Å²) in [6.07, 6.45) is 4.21. The van der Waals surface area contributed by atoms with Crippen molar-refractivity contribution in [3.05, 3.63) is 17.8 Å². The summed E-state index contributed by atoms with van der Waals surface area (Å²) in [5.41, 5.74) is 0.775. The van der Waals surface area contributed by atoms with Crippen molar-refractivity contribution >= 4 is 11.6 Å². The van der Waals surface area contributed by atoms with Crippen LogP contribution >= 0.6 is 0 Å². The average molecular weight is 303 g/mol. The van der Waals surface area contributed by atoms with Gasteiger partial charge in [-0.1, -0.05) is 27.7 Å². The standard InChI is InChI=1S/C18H29N3O/c1-13(2)11-15-7-9-21(10-8-15)18-6-5-16(19-20-18)12-17(22)14(3)4/h5-6,13-15H,7-12H2,1-4H3. The van der Waals surface area contributed by atoms with Gasteiger partial charge in [0.25, 0.3) is 0 Å². The van der Waals surface area contributed by atoms with E-state index in [1.165, 1.54) is 19.3 Å². The van der Waals surface area contributed by atoms with Gasteiger partial charge in [0.15, 0.2) is 5.82 Å². The van der Waals surface area contributed by atoms with E-state index >= 15 is 0 Å². The van der Waals surface area contributed by atoms with Crippen LogP contribution in [0.25, 0.3) is 0 Å². The van der Waals surface area contributed by atoms with Gasteiger partial charge in [-0.2, -0.15) is 5.10 Å². The first-order chi connectivity index (χ1) is 10.5. The summed E-state index contributed by atoms with van der Waals surface area (Å²) < 4.78 is 0. The van der Waals surface area contributed by atoms with E-state index in [1.54, 1.807) is 0 Å². The number of anilines is 1. The van der Waals surface area contributed by atoms with Crippen molar-refractivity contribution in [2.45, 2.75) is 53.4 Å². The van der Waals surface area contributed by atoms with Crippen molar-refractivity contribution in [2.75, 3.05) is 18.0 Å². The first-order valence-electron chi connectivity index (χ1n) is 8.56. The lowest BCUT2D eigenvalue weighted by atomic mass is 9.89. The molecule has 0 bridgehead atoms. The molecular formula is C18H29N3O. The van der Waals surface area contributed by atoms with Crippen LogP contribution in [0.15, 0.2) is 12.1 Å². The number of nitrogens with zero attached hydrogens (tertiary/aromatic N) is 3. The highest BCUT2D eigenvalue weighted by Crippen LogP contribution is 2.26. The van der Waals surface area contributed by atoms with Crippen molar-refractivity contribution in [1.82, 2.24) is 10.2 Å². The Morgan fingerprint density at radius 2 is 1.86 bits per heavy atom. The number of hydrogen-bond donors (Lipinski definition) is 0. The molecule has 4 nitrogen and oxygen atoms in total. The van der Waals surface area contributed by atoms with Crippen LogP contribution in [-0.2, 0) is 11.2 Å². The highest BCUT2D eigenvalue weighted by atomic mass is 16.1. The molecule has 0 N–H and O–H groups in total. The van der Waals surface area contributed by atoms with Gasteiger partial charge in [0.2, 0.25) is 0 Å². The summed E-state index contributed by atoms with van der Waals surface area (Å²) >= 11 is 0. The lowest BCUT2D eigenvalue weighted by molar-refractivity contribution is -0.121. The Labute approximate surface area is 134 Å². The molecule has 0 atom stereocenters. The van der Waals surface area contributed by atoms with Crippen LogP contribution in [-0.4, -0.2) is 29.1 Å². The third-order valence-electron chi connectivity index (χ3n) is 4.45. The second-order valence-electron chi connectivity index (χ2n) is 7.24. The van der Waals surface area contributed by atoms with Gasteiger partial charge < -0.3 is 4.90 Å². The molecule has 122 valence electrons. The van der Waals surface area contributed by atoms with Crippen LogP contribution in [0.1, 0.15) is 52.7 Å². The smallest absolute Gasteiger partial charge is 0.151 e. The monoisotopic (exact) mass is 303 g/mol. The number of ketones is 1. The number of Topliss-reactive ketones (excluding diaryl/α,β-unsaturated/α-hetero) is 1. The molecule has 0 saturated carbocycles. The van der Waals surface area contributed by atoms with Crippen LogP contribution in [0.4, 0.5) is 5.82 Å². The number of rotatable bonds is 6. The third-order valence-corrected chi connectivity index (χ3v) is 4.45. The average Bonchev–Trinajstić information content (AvgIpc) is 2.48. The first-order valence-corrected chi connectivity index (χ1v) is 8.56. The Kier molecular flexibility index (Phi) is 5.92. The topological polar surface area (TPSA) is 46.1 Å². The lowest BCUT2D eigenvalue weighted by Gasteiger charge is -2.33. The van der Waals surface area contributed by atoms with E-state index in [2.05, 4.69) is 28.9 Å². The van der Waals surface area contributed by atoms with Gasteiger partial charge in [-0.3, -0.25) is 4.79 Å². The molecule has 0 aliphatic carbocycles. The summed E-state index contributed by atoms with van der Waals surface area (Å²) in [6.45, 7) is 10.6. The molecule has 0 amide bonds. The molecule has 1 aromatic heterocycles. The number of carbonyl (C=O) groups is 1. The third kappa shape index (κ3) is 4.79. The fourth-order valence-corrected chi connectivity index (χ4v) is 3.06. The molecule has 0 aromatic carbocycles. The Hall–Kier alpha value is -1.45. The maximum absolute atomic E-state index is 11.7. The summed E-state index contributed by atoms with van der Waals surface area (Å²) in [6, 6.07) is 3.96. The van der Waals surface area contributed by atoms with Crippen LogP contribution < -0.4 is 4.90 Å². The van der Waals surface area contributed by atoms with E-state index in [9.17, 15) is 4.79 Å². The van der Waals surface area contributed by atoms with E-state index in [1.807, 2.05) is 26.0 Å². The second kappa shape index (κ2) is 7.70. The molecule has 0 spiro atoms. The first kappa shape index (κ1) is 16.9. The molecule has 22 heavy (non-hydrogen) atoms. The van der Waals surface area contributed by atoms with E-state index < -0.39 is 0 Å². The number of carbonyl (C=O) groups excluding carboxylic acids is 1. The molecule has 1 aliphatic heterocycles. The molecular weight excluding hydrogens is 274 g/mol. The SMILES string of the molecule is CC(C)CC1CCN(c2ccc(CC(=O)C(C)C)nn2)CC1. The molecule has 1 aliphatic rings. The summed E-state index contributed by atoms with van der Waals surface area (Å²) in [4.78, 5) is 14.1. The fourth-order valence-electron chi connectivity index (χ4n) is 3.06. The Morgan fingerprint density at radius 3 is 2.36 bits per heavy atom. The summed E-state index contributed by atoms with van der Waals surface area (Å²) in [5, 5.41) is 8.56. The Balaban J connectivity index is 1.88. The van der Waals surface area contributed by atoms with Gasteiger partial charge in [0.1, 0.15) is 5.78 Å². The van der Waals surface area contributed by atoms with Crippen LogP contribution in [0, 0.1) is 17.8 Å². The van der Waals surface area contributed by atoms with Gasteiger partial charge >= 0.3 is 0 Å². The lowest BCUT2D eigenvalue weighted by Crippen LogP contribution is -2.34. The zero-order valence-electron chi connectivity index (χ0n) is 14.4. The minimum absolute atomic E-state index is 0.0569. The van der Waals surface area contributed by atoms with Gasteiger partial charge in [0.05, 0.1) is 12.1 Å². The predicted octanol–water partition coefficient (Wildman–Crippen LogP) is 3.51. The normalized spacial score (nSPS) is 16.5. The summed E-state index contributed by atoms with van der Waals surface area (Å²) in [5.74, 6) is 2.86. The Bertz CT molecular complexity index is 474. The maximum atomic E-state index is 11.7. The molecule has 1 aromatic rings. The van der Waals surface area contributed by atoms with Crippen LogP contribution in [0.3, 0.4) is 0 Å². The number of aromatic nitrogens is 2. The fraction of sp³-hybridized carbons (Fsp3) is 0.722. The predicted molar refractivity (Wildman–Crippen MR) is 90.0 cm³/mol. The second-order valence-corrected chi connectivity index (χ2v) is 7.24. The minimum atomic E-state index is 0.0569. The minimum Gasteiger partial charge on any atom is -0.355 e. The Morgan fingerprint density at radius 1 is 1.18 bits per heavy atom. The van der Waals surface area contributed by atoms with Crippen molar-refractivity contribution in [2.24, 2.45) is 17.8 Å². The van der Waals surface area contributed by atoms with E-state index in [0.717, 1.165) is 36.4 Å². The molecule has 0 radical (unpaired) electrons. The van der Waals surface area contributed by atoms with Gasteiger partial charge in [-0.05, 0) is 43.2 Å². The zero-order chi connectivity index (χ0) is 16.1. The molecule has 2 rings (SSSR count). The highest BCUT2D eigenvalue weighted by Gasteiger charge is 2.21. The molecule has 0 unspecified atom stereocenters. The van der Waals surface area contributed by atoms with Crippen molar-refractivity contribution in [1.29, 1.82) is 0 Å². The van der Waals surface area contributed by atoms with Crippen LogP contribution in [0.5, 0.6) is 0 Å². The van der Waals surface area contributed by atoms with E-state index in [0.29, 0.717) is 6.42 Å². The molecule has 1 fully saturated rings. The van der Waals surface area contributed by atoms with Gasteiger partial charge in [0, 0.05) is 19.0 Å². The highest BCUT2D eigenvalue weighted by molar-refractivity contribution is 5.82. The quantitative estimate of drug-likeness (QED) is 0.807. The zero-order valence-corrected chi connectivity index (χ0v) is 14.4. The maximum Gasteiger partial charge on any atom is 0.151 e. The van der Waals surface area contributed by atoms with Crippen molar-refractivity contribution in [3.63, 3.8) is 0 Å². The van der Waals surface area contributed by atoms with Crippen molar-refractivity contribution < 1.29 is 4.79 Å². The number of hydrogen-bond acceptors (Lipinski definition) is 4. The van der Waals surface area contributed by atoms with Gasteiger partial charge in [-0.15, -0.1) is 5.10 Å². The van der Waals surface area contributed by atoms with Crippen LogP contribution in [0.2, 0.25) is 0 Å². The van der Waals surface area contributed by atoms with E-state index in [4.69, 9.17) is 0 Å². The number of piperidine rings is 1. The van der Waals surface area contributed by atoms with Crippen molar-refractivity contribution in [3.8, 4) is 0 Å². The molecule has 2 heterocycles. The largest absolute Gasteiger partial charge is 0.355 e. The molecule has 1 saturated heterocycles. The van der Waals surface area contributed by atoms with E-state index in [-0.39, 0.29) is 11.7 Å². The summed E-state index contributed by atoms with van der Waals surface area (Å²) in [7, 11) is 0. The van der Waals surface area contributed by atoms with Gasteiger partial charge in [-0.25, -0.2) is 0 Å².